The van der Waals surface area contributed by atoms with Crippen molar-refractivity contribution in [2.24, 2.45) is 0 Å². The van der Waals surface area contributed by atoms with Crippen LogP contribution in [0.4, 0.5) is 5.69 Å². The van der Waals surface area contributed by atoms with Crippen LogP contribution >= 0.6 is 0 Å². The van der Waals surface area contributed by atoms with Crippen LogP contribution in [0, 0.1) is 0 Å². The van der Waals surface area contributed by atoms with Gasteiger partial charge in [0, 0.05) is 6.07 Å². The van der Waals surface area contributed by atoms with E-state index in [-0.39, 0.29) is 16.1 Å². The van der Waals surface area contributed by atoms with Crippen molar-refractivity contribution in [1.82, 2.24) is 4.98 Å². The summed E-state index contributed by atoms with van der Waals surface area (Å²) in [7, 11) is -2.66. The molecule has 0 fully saturated rings. The van der Waals surface area contributed by atoms with Gasteiger partial charge in [0.1, 0.15) is 5.52 Å². The number of benzene rings is 2. The topological polar surface area (TPSA) is 98.5 Å². The third kappa shape index (κ3) is 2.88. The first-order valence-corrected chi connectivity index (χ1v) is 8.03. The summed E-state index contributed by atoms with van der Waals surface area (Å²) >= 11 is 0. The van der Waals surface area contributed by atoms with Gasteiger partial charge in [-0.2, -0.15) is 0 Å². The number of carbonyl (C=O) groups excluding carboxylic acids is 1. The lowest BCUT2D eigenvalue weighted by Crippen LogP contribution is -2.16. The van der Waals surface area contributed by atoms with E-state index in [2.05, 4.69) is 14.4 Å². The van der Waals surface area contributed by atoms with Crippen molar-refractivity contribution in [1.29, 1.82) is 0 Å². The van der Waals surface area contributed by atoms with Crippen molar-refractivity contribution in [3.8, 4) is 0 Å². The Labute approximate surface area is 131 Å². The number of oxazole rings is 1. The fourth-order valence-electron chi connectivity index (χ4n) is 2.07. The van der Waals surface area contributed by atoms with Crippen LogP contribution in [-0.2, 0) is 14.8 Å². The molecule has 0 aliphatic carbocycles. The van der Waals surface area contributed by atoms with Gasteiger partial charge >= 0.3 is 5.97 Å². The number of sulfonamides is 1. The Hall–Kier alpha value is -2.87. The van der Waals surface area contributed by atoms with Crippen molar-refractivity contribution in [3.63, 3.8) is 0 Å². The van der Waals surface area contributed by atoms with Crippen LogP contribution in [-0.4, -0.2) is 26.5 Å². The number of anilines is 1. The number of fused-ring (bicyclic) bond motifs is 1. The summed E-state index contributed by atoms with van der Waals surface area (Å²) < 4.78 is 37.1. The van der Waals surface area contributed by atoms with Crippen LogP contribution in [0.15, 0.2) is 58.2 Å². The van der Waals surface area contributed by atoms with E-state index >= 15 is 0 Å². The molecule has 1 N–H and O–H groups in total. The van der Waals surface area contributed by atoms with E-state index in [0.717, 1.165) is 0 Å². The number of esters is 1. The second-order valence-corrected chi connectivity index (χ2v) is 6.31. The first-order valence-electron chi connectivity index (χ1n) is 6.55. The summed E-state index contributed by atoms with van der Waals surface area (Å²) in [5.41, 5.74) is 1.17. The Morgan fingerprint density at radius 1 is 1.22 bits per heavy atom. The van der Waals surface area contributed by atoms with Crippen molar-refractivity contribution in [2.75, 3.05) is 11.8 Å². The quantitative estimate of drug-likeness (QED) is 0.737. The number of hydrogen-bond donors (Lipinski definition) is 1. The predicted molar refractivity (Wildman–Crippen MR) is 82.6 cm³/mol. The molecule has 3 rings (SSSR count). The number of methoxy groups -OCH3 is 1. The minimum absolute atomic E-state index is 0.00131. The number of para-hydroxylation sites is 1. The van der Waals surface area contributed by atoms with Gasteiger partial charge in [0.2, 0.25) is 0 Å². The highest BCUT2D eigenvalue weighted by atomic mass is 32.2. The predicted octanol–water partition coefficient (Wildman–Crippen LogP) is 2.42. The molecule has 2 aromatic carbocycles. The number of rotatable bonds is 4. The molecule has 8 heteroatoms. The number of aromatic nitrogens is 1. The minimum atomic E-state index is -3.89. The van der Waals surface area contributed by atoms with Gasteiger partial charge in [-0.15, -0.1) is 0 Å². The lowest BCUT2D eigenvalue weighted by atomic mass is 10.2. The van der Waals surface area contributed by atoms with Gasteiger partial charge in [-0.25, -0.2) is 18.2 Å². The van der Waals surface area contributed by atoms with Crippen LogP contribution in [0.3, 0.4) is 0 Å². The van der Waals surface area contributed by atoms with Crippen LogP contribution in [0.2, 0.25) is 0 Å². The average molecular weight is 332 g/mol. The molecule has 7 nitrogen and oxygen atoms in total. The number of carbonyl (C=O) groups is 1. The number of hydrogen-bond acceptors (Lipinski definition) is 6. The smallest absolute Gasteiger partial charge is 0.339 e. The summed E-state index contributed by atoms with van der Waals surface area (Å²) in [6, 6.07) is 10.5. The molecule has 23 heavy (non-hydrogen) atoms. The molecular formula is C15H12N2O5S. The van der Waals surface area contributed by atoms with E-state index < -0.39 is 16.0 Å². The second-order valence-electron chi connectivity index (χ2n) is 4.62. The summed E-state index contributed by atoms with van der Waals surface area (Å²) in [5.74, 6) is -0.631. The molecule has 0 atom stereocenters. The van der Waals surface area contributed by atoms with Crippen LogP contribution in [0.5, 0.6) is 0 Å². The third-order valence-corrected chi connectivity index (χ3v) is 4.55. The zero-order valence-corrected chi connectivity index (χ0v) is 12.8. The first-order chi connectivity index (χ1) is 11.0. The van der Waals surface area contributed by atoms with Crippen molar-refractivity contribution >= 4 is 32.8 Å². The summed E-state index contributed by atoms with van der Waals surface area (Å²) in [4.78, 5) is 15.6. The maximum Gasteiger partial charge on any atom is 0.339 e. The first kappa shape index (κ1) is 15.0. The molecule has 0 unspecified atom stereocenters. The van der Waals surface area contributed by atoms with E-state index in [4.69, 9.17) is 4.42 Å². The molecule has 0 spiro atoms. The van der Waals surface area contributed by atoms with Crippen molar-refractivity contribution in [3.05, 3.63) is 54.4 Å². The maximum absolute atomic E-state index is 12.5. The molecule has 0 amide bonds. The average Bonchev–Trinajstić information content (AvgIpc) is 3.02. The van der Waals surface area contributed by atoms with E-state index in [1.165, 1.54) is 37.8 Å². The second kappa shape index (κ2) is 5.73. The van der Waals surface area contributed by atoms with Gasteiger partial charge in [-0.05, 0) is 24.3 Å². The van der Waals surface area contributed by atoms with E-state index in [9.17, 15) is 13.2 Å². The Morgan fingerprint density at radius 3 is 2.78 bits per heavy atom. The van der Waals surface area contributed by atoms with Gasteiger partial charge in [0.15, 0.2) is 12.0 Å². The summed E-state index contributed by atoms with van der Waals surface area (Å²) in [5, 5.41) is 0. The fourth-order valence-corrected chi connectivity index (χ4v) is 3.16. The largest absolute Gasteiger partial charge is 0.465 e. The zero-order chi connectivity index (χ0) is 16.4. The number of ether oxygens (including phenoxy) is 1. The van der Waals surface area contributed by atoms with Crippen LogP contribution in [0.25, 0.3) is 11.1 Å². The normalized spacial score (nSPS) is 11.3. The highest BCUT2D eigenvalue weighted by molar-refractivity contribution is 7.92. The van der Waals surface area contributed by atoms with Crippen molar-refractivity contribution < 1.29 is 22.4 Å². The maximum atomic E-state index is 12.5. The summed E-state index contributed by atoms with van der Waals surface area (Å²) in [6.07, 6.45) is 1.24. The lowest BCUT2D eigenvalue weighted by molar-refractivity contribution is 0.0602. The highest BCUT2D eigenvalue weighted by Gasteiger charge is 2.19. The molecule has 3 aromatic rings. The van der Waals surface area contributed by atoms with E-state index in [1.807, 2.05) is 0 Å². The number of nitrogens with one attached hydrogen (secondary N) is 1. The minimum Gasteiger partial charge on any atom is -0.465 e. The third-order valence-electron chi connectivity index (χ3n) is 3.19. The molecule has 0 saturated carbocycles. The van der Waals surface area contributed by atoms with E-state index in [1.54, 1.807) is 18.2 Å². The molecule has 1 aromatic heterocycles. The fraction of sp³-hybridized carbons (Fsp3) is 0.0667. The molecule has 1 heterocycles. The molecule has 0 saturated heterocycles. The van der Waals surface area contributed by atoms with Crippen LogP contribution in [0.1, 0.15) is 10.4 Å². The molecule has 0 aliphatic rings. The molecule has 118 valence electrons. The SMILES string of the molecule is COC(=O)c1ccccc1NS(=O)(=O)c1ccc2ncoc2c1. The Bertz CT molecular complexity index is 978. The van der Waals surface area contributed by atoms with E-state index in [0.29, 0.717) is 11.1 Å². The van der Waals surface area contributed by atoms with Gasteiger partial charge in [0.25, 0.3) is 10.0 Å². The highest BCUT2D eigenvalue weighted by Crippen LogP contribution is 2.23. The molecular weight excluding hydrogens is 320 g/mol. The summed E-state index contributed by atoms with van der Waals surface area (Å²) in [6.45, 7) is 0. The van der Waals surface area contributed by atoms with Crippen LogP contribution < -0.4 is 4.72 Å². The van der Waals surface area contributed by atoms with Crippen molar-refractivity contribution in [2.45, 2.75) is 4.90 Å². The zero-order valence-electron chi connectivity index (χ0n) is 12.0. The van der Waals surface area contributed by atoms with Gasteiger partial charge in [0.05, 0.1) is 23.3 Å². The molecule has 0 aliphatic heterocycles. The van der Waals surface area contributed by atoms with Gasteiger partial charge in [-0.1, -0.05) is 12.1 Å². The Balaban J connectivity index is 2.00. The molecule has 0 radical (unpaired) electrons. The number of nitrogens with zero attached hydrogens (tertiary/aromatic N) is 1. The molecule has 0 bridgehead atoms. The Kier molecular flexibility index (Phi) is 3.75. The lowest BCUT2D eigenvalue weighted by Gasteiger charge is -2.11. The van der Waals surface area contributed by atoms with Gasteiger partial charge in [-0.3, -0.25) is 4.72 Å². The van der Waals surface area contributed by atoms with Gasteiger partial charge < -0.3 is 9.15 Å². The standard InChI is InChI=1S/C15H12N2O5S/c1-21-15(18)11-4-2-3-5-12(11)17-23(19,20)10-6-7-13-14(8-10)22-9-16-13/h2-9,17H,1H3. The monoisotopic (exact) mass is 332 g/mol. The Morgan fingerprint density at radius 2 is 2.00 bits per heavy atom.